The maximum absolute atomic E-state index is 10.5. The molecule has 2 rings (SSSR count). The first-order valence-electron chi connectivity index (χ1n) is 6.82. The van der Waals surface area contributed by atoms with E-state index in [1.165, 1.54) is 12.0 Å². The summed E-state index contributed by atoms with van der Waals surface area (Å²) in [6.45, 7) is 2.27. The molecule has 0 bridgehead atoms. The summed E-state index contributed by atoms with van der Waals surface area (Å²) in [6.07, 6.45) is 1.82. The minimum absolute atomic E-state index is 0.121. The number of aliphatic carboxylic acids is 1. The van der Waals surface area contributed by atoms with E-state index in [-0.39, 0.29) is 12.5 Å². The van der Waals surface area contributed by atoms with Gasteiger partial charge in [0, 0.05) is 19.0 Å². The highest BCUT2D eigenvalue weighted by molar-refractivity contribution is 5.66. The average Bonchev–Trinajstić information content (AvgIpc) is 2.83. The van der Waals surface area contributed by atoms with Crippen LogP contribution in [0.4, 0.5) is 0 Å². The van der Waals surface area contributed by atoms with Gasteiger partial charge in [0.25, 0.3) is 0 Å². The van der Waals surface area contributed by atoms with Crippen LogP contribution >= 0.6 is 0 Å². The third-order valence-electron chi connectivity index (χ3n) is 3.90. The predicted octanol–water partition coefficient (Wildman–Crippen LogP) is 1.97. The molecule has 1 aliphatic heterocycles. The molecule has 2 unspecified atom stereocenters. The standard InChI is InChI=1S/C15H22N2O2/c1-17-9-8-13(10-17)11-2-4-12(5-3-11)14(16)6-7-15(18)19/h2-5,13-14H,6-10,16H2,1H3,(H,18,19). The molecule has 19 heavy (non-hydrogen) atoms. The van der Waals surface area contributed by atoms with Gasteiger partial charge in [-0.1, -0.05) is 24.3 Å². The van der Waals surface area contributed by atoms with E-state index < -0.39 is 5.97 Å². The summed E-state index contributed by atoms with van der Waals surface area (Å²) in [5, 5.41) is 8.66. The van der Waals surface area contributed by atoms with Crippen LogP contribution in [-0.2, 0) is 4.79 Å². The summed E-state index contributed by atoms with van der Waals surface area (Å²) in [4.78, 5) is 12.9. The molecule has 0 saturated carbocycles. The summed E-state index contributed by atoms with van der Waals surface area (Å²) in [7, 11) is 2.15. The van der Waals surface area contributed by atoms with Gasteiger partial charge in [-0.05, 0) is 43.5 Å². The largest absolute Gasteiger partial charge is 0.481 e. The van der Waals surface area contributed by atoms with E-state index in [0.717, 1.165) is 18.7 Å². The molecule has 1 saturated heterocycles. The van der Waals surface area contributed by atoms with Crippen LogP contribution in [0.5, 0.6) is 0 Å². The number of nitrogens with zero attached hydrogens (tertiary/aromatic N) is 1. The van der Waals surface area contributed by atoms with Crippen LogP contribution in [0.3, 0.4) is 0 Å². The second kappa shape index (κ2) is 6.17. The SMILES string of the molecule is CN1CCC(c2ccc(C(N)CCC(=O)O)cc2)C1. The number of carboxylic acids is 1. The van der Waals surface area contributed by atoms with Gasteiger partial charge in [-0.25, -0.2) is 0 Å². The highest BCUT2D eigenvalue weighted by Crippen LogP contribution is 2.27. The highest BCUT2D eigenvalue weighted by Gasteiger charge is 2.21. The summed E-state index contributed by atoms with van der Waals surface area (Å²) < 4.78 is 0. The number of likely N-dealkylation sites (N-methyl/N-ethyl adjacent to an activating group) is 1. The number of rotatable bonds is 5. The topological polar surface area (TPSA) is 66.6 Å². The van der Waals surface area contributed by atoms with E-state index in [1.807, 2.05) is 12.1 Å². The summed E-state index contributed by atoms with van der Waals surface area (Å²) in [6, 6.07) is 8.18. The molecule has 1 heterocycles. The average molecular weight is 262 g/mol. The van der Waals surface area contributed by atoms with Gasteiger partial charge in [0.1, 0.15) is 0 Å². The molecule has 0 spiro atoms. The normalized spacial score (nSPS) is 21.5. The molecule has 1 aliphatic rings. The van der Waals surface area contributed by atoms with E-state index in [4.69, 9.17) is 10.8 Å². The Balaban J connectivity index is 1.96. The molecule has 0 radical (unpaired) electrons. The molecule has 1 fully saturated rings. The van der Waals surface area contributed by atoms with E-state index >= 15 is 0 Å². The zero-order valence-corrected chi connectivity index (χ0v) is 11.4. The molecule has 3 N–H and O–H groups in total. The van der Waals surface area contributed by atoms with Crippen molar-refractivity contribution in [3.05, 3.63) is 35.4 Å². The third-order valence-corrected chi connectivity index (χ3v) is 3.90. The lowest BCUT2D eigenvalue weighted by atomic mass is 9.95. The van der Waals surface area contributed by atoms with Gasteiger partial charge < -0.3 is 15.7 Å². The number of likely N-dealkylation sites (tertiary alicyclic amines) is 1. The minimum Gasteiger partial charge on any atom is -0.481 e. The lowest BCUT2D eigenvalue weighted by Crippen LogP contribution is -2.14. The Morgan fingerprint density at radius 3 is 2.68 bits per heavy atom. The fraction of sp³-hybridized carbons (Fsp3) is 0.533. The molecule has 2 atom stereocenters. The van der Waals surface area contributed by atoms with E-state index in [2.05, 4.69) is 24.1 Å². The number of hydrogen-bond donors (Lipinski definition) is 2. The van der Waals surface area contributed by atoms with Gasteiger partial charge in [-0.2, -0.15) is 0 Å². The monoisotopic (exact) mass is 262 g/mol. The second-order valence-electron chi connectivity index (χ2n) is 5.45. The number of benzene rings is 1. The maximum atomic E-state index is 10.5. The molecule has 1 aromatic carbocycles. The van der Waals surface area contributed by atoms with Crippen molar-refractivity contribution in [1.82, 2.24) is 4.90 Å². The van der Waals surface area contributed by atoms with Crippen LogP contribution in [-0.4, -0.2) is 36.1 Å². The first-order valence-corrected chi connectivity index (χ1v) is 6.82. The van der Waals surface area contributed by atoms with Crippen molar-refractivity contribution in [2.75, 3.05) is 20.1 Å². The Morgan fingerprint density at radius 2 is 2.16 bits per heavy atom. The van der Waals surface area contributed by atoms with Gasteiger partial charge in [0.05, 0.1) is 0 Å². The van der Waals surface area contributed by atoms with Gasteiger partial charge in [0.15, 0.2) is 0 Å². The van der Waals surface area contributed by atoms with Crippen LogP contribution in [0.25, 0.3) is 0 Å². The Labute approximate surface area is 114 Å². The van der Waals surface area contributed by atoms with Crippen molar-refractivity contribution >= 4 is 5.97 Å². The molecule has 1 aromatic rings. The van der Waals surface area contributed by atoms with Crippen molar-refractivity contribution in [1.29, 1.82) is 0 Å². The van der Waals surface area contributed by atoms with Gasteiger partial charge in [-0.3, -0.25) is 4.79 Å². The van der Waals surface area contributed by atoms with Gasteiger partial charge in [-0.15, -0.1) is 0 Å². The molecule has 4 heteroatoms. The minimum atomic E-state index is -0.791. The quantitative estimate of drug-likeness (QED) is 0.851. The van der Waals surface area contributed by atoms with Crippen LogP contribution in [0.15, 0.2) is 24.3 Å². The summed E-state index contributed by atoms with van der Waals surface area (Å²) in [5.74, 6) is -0.171. The van der Waals surface area contributed by atoms with Gasteiger partial charge >= 0.3 is 5.97 Å². The van der Waals surface area contributed by atoms with Crippen LogP contribution in [0.2, 0.25) is 0 Å². The smallest absolute Gasteiger partial charge is 0.303 e. The molecule has 0 aliphatic carbocycles. The lowest BCUT2D eigenvalue weighted by Gasteiger charge is -2.14. The Bertz CT molecular complexity index is 430. The first kappa shape index (κ1) is 14.0. The fourth-order valence-corrected chi connectivity index (χ4v) is 2.67. The Hall–Kier alpha value is -1.39. The van der Waals surface area contributed by atoms with Crippen molar-refractivity contribution in [3.63, 3.8) is 0 Å². The molecular formula is C15H22N2O2. The van der Waals surface area contributed by atoms with Crippen LogP contribution in [0, 0.1) is 0 Å². The number of nitrogens with two attached hydrogens (primary N) is 1. The molecule has 0 aromatic heterocycles. The molecule has 0 amide bonds. The van der Waals surface area contributed by atoms with E-state index in [9.17, 15) is 4.79 Å². The zero-order chi connectivity index (χ0) is 13.8. The second-order valence-corrected chi connectivity index (χ2v) is 5.45. The van der Waals surface area contributed by atoms with Crippen LogP contribution in [0.1, 0.15) is 42.3 Å². The van der Waals surface area contributed by atoms with Crippen LogP contribution < -0.4 is 5.73 Å². The van der Waals surface area contributed by atoms with Crippen molar-refractivity contribution in [2.45, 2.75) is 31.2 Å². The predicted molar refractivity (Wildman–Crippen MR) is 75.1 cm³/mol. The Kier molecular flexibility index (Phi) is 4.56. The van der Waals surface area contributed by atoms with Crippen molar-refractivity contribution < 1.29 is 9.90 Å². The highest BCUT2D eigenvalue weighted by atomic mass is 16.4. The van der Waals surface area contributed by atoms with Gasteiger partial charge in [0.2, 0.25) is 0 Å². The van der Waals surface area contributed by atoms with E-state index in [1.54, 1.807) is 0 Å². The molecule has 104 valence electrons. The Morgan fingerprint density at radius 1 is 1.47 bits per heavy atom. The third kappa shape index (κ3) is 3.78. The van der Waals surface area contributed by atoms with E-state index in [0.29, 0.717) is 12.3 Å². The molecule has 4 nitrogen and oxygen atoms in total. The fourth-order valence-electron chi connectivity index (χ4n) is 2.67. The summed E-state index contributed by atoms with van der Waals surface area (Å²) in [5.41, 5.74) is 8.38. The van der Waals surface area contributed by atoms with Crippen molar-refractivity contribution in [3.8, 4) is 0 Å². The molecular weight excluding hydrogens is 240 g/mol. The number of hydrogen-bond acceptors (Lipinski definition) is 3. The lowest BCUT2D eigenvalue weighted by molar-refractivity contribution is -0.137. The number of carbonyl (C=O) groups is 1. The number of carboxylic acid groups (broad SMARTS) is 1. The maximum Gasteiger partial charge on any atom is 0.303 e. The zero-order valence-electron chi connectivity index (χ0n) is 11.4. The van der Waals surface area contributed by atoms with Crippen molar-refractivity contribution in [2.24, 2.45) is 5.73 Å². The first-order chi connectivity index (χ1) is 9.06. The summed E-state index contributed by atoms with van der Waals surface area (Å²) >= 11 is 0.